The Balaban J connectivity index is 1.52. The molecule has 2 fully saturated rings. The summed E-state index contributed by atoms with van der Waals surface area (Å²) in [7, 11) is 0. The van der Waals surface area contributed by atoms with Crippen molar-refractivity contribution in [2.24, 2.45) is 16.9 Å². The van der Waals surface area contributed by atoms with Crippen LogP contribution in [0.25, 0.3) is 0 Å². The van der Waals surface area contributed by atoms with Gasteiger partial charge < -0.3 is 10.1 Å². The smallest absolute Gasteiger partial charge is 0.354 e. The molecular formula is C20H25N3O3. The van der Waals surface area contributed by atoms with Crippen molar-refractivity contribution in [3.8, 4) is 0 Å². The second-order valence-corrected chi connectivity index (χ2v) is 7.38. The average molecular weight is 355 g/mol. The molecule has 1 atom stereocenters. The molecule has 4 rings (SSSR count). The lowest BCUT2D eigenvalue weighted by Gasteiger charge is -2.26. The van der Waals surface area contributed by atoms with E-state index in [4.69, 9.17) is 4.74 Å². The van der Waals surface area contributed by atoms with Crippen LogP contribution in [0.4, 0.5) is 5.69 Å². The van der Waals surface area contributed by atoms with E-state index in [1.807, 2.05) is 30.3 Å². The van der Waals surface area contributed by atoms with Crippen molar-refractivity contribution in [2.45, 2.75) is 51.1 Å². The molecule has 1 aromatic carbocycles. The minimum Gasteiger partial charge on any atom is -0.461 e. The van der Waals surface area contributed by atoms with Gasteiger partial charge in [-0.1, -0.05) is 18.2 Å². The number of benzene rings is 1. The molecule has 2 saturated carbocycles. The van der Waals surface area contributed by atoms with Gasteiger partial charge in [-0.2, -0.15) is 5.10 Å². The van der Waals surface area contributed by atoms with Gasteiger partial charge in [0.25, 0.3) is 0 Å². The third-order valence-electron chi connectivity index (χ3n) is 5.31. The maximum Gasteiger partial charge on any atom is 0.354 e. The Hall–Kier alpha value is -2.37. The van der Waals surface area contributed by atoms with E-state index < -0.39 is 12.0 Å². The molecule has 0 spiro atoms. The number of esters is 1. The molecule has 0 aromatic heterocycles. The summed E-state index contributed by atoms with van der Waals surface area (Å²) in [5, 5.41) is 9.36. The maximum absolute atomic E-state index is 13.1. The van der Waals surface area contributed by atoms with Crippen molar-refractivity contribution in [1.82, 2.24) is 5.32 Å². The Morgan fingerprint density at radius 1 is 1.19 bits per heavy atom. The van der Waals surface area contributed by atoms with Gasteiger partial charge in [0.15, 0.2) is 0 Å². The number of carbonyl (C=O) groups is 2. The van der Waals surface area contributed by atoms with Crippen molar-refractivity contribution in [2.75, 3.05) is 11.6 Å². The number of ether oxygens (including phenoxy) is 1. The summed E-state index contributed by atoms with van der Waals surface area (Å²) >= 11 is 0. The van der Waals surface area contributed by atoms with Crippen LogP contribution in [0.5, 0.6) is 0 Å². The Morgan fingerprint density at radius 2 is 1.85 bits per heavy atom. The van der Waals surface area contributed by atoms with Gasteiger partial charge in [-0.25, -0.2) is 4.79 Å². The van der Waals surface area contributed by atoms with Gasteiger partial charge in [0.05, 0.1) is 12.3 Å². The summed E-state index contributed by atoms with van der Waals surface area (Å²) in [5.74, 6) is 0.775. The first-order valence-corrected chi connectivity index (χ1v) is 9.56. The van der Waals surface area contributed by atoms with Gasteiger partial charge in [0.2, 0.25) is 5.91 Å². The van der Waals surface area contributed by atoms with Crippen LogP contribution in [0.1, 0.15) is 39.0 Å². The Bertz CT molecular complexity index is 698. The van der Waals surface area contributed by atoms with E-state index in [1.54, 1.807) is 11.9 Å². The number of nitrogens with one attached hydrogen (secondary N) is 1. The van der Waals surface area contributed by atoms with E-state index in [0.717, 1.165) is 5.69 Å². The second kappa shape index (κ2) is 7.09. The summed E-state index contributed by atoms with van der Waals surface area (Å²) in [6.45, 7) is 2.06. The SMILES string of the molecule is CCOC(=O)C1=NN(c2ccccc2)C(C(=O)NC(C2CC2)C2CC2)C1. The van der Waals surface area contributed by atoms with Gasteiger partial charge in [-0.15, -0.1) is 0 Å². The minimum absolute atomic E-state index is 0.0410. The summed E-state index contributed by atoms with van der Waals surface area (Å²) < 4.78 is 5.09. The third kappa shape index (κ3) is 3.59. The molecule has 6 heteroatoms. The molecule has 3 aliphatic rings. The van der Waals surface area contributed by atoms with Crippen LogP contribution in [-0.4, -0.2) is 36.3 Å². The fraction of sp³-hybridized carbons (Fsp3) is 0.550. The lowest BCUT2D eigenvalue weighted by molar-refractivity contribution is -0.135. The molecule has 0 bridgehead atoms. The average Bonchev–Trinajstić information content (AvgIpc) is 3.58. The zero-order valence-corrected chi connectivity index (χ0v) is 15.1. The zero-order valence-electron chi connectivity index (χ0n) is 15.1. The molecular weight excluding hydrogens is 330 g/mol. The topological polar surface area (TPSA) is 71.0 Å². The molecule has 6 nitrogen and oxygen atoms in total. The van der Waals surface area contributed by atoms with Crippen molar-refractivity contribution in [1.29, 1.82) is 0 Å². The van der Waals surface area contributed by atoms with Gasteiger partial charge in [0, 0.05) is 12.5 Å². The molecule has 1 amide bonds. The van der Waals surface area contributed by atoms with Gasteiger partial charge >= 0.3 is 5.97 Å². The van der Waals surface area contributed by atoms with E-state index in [9.17, 15) is 9.59 Å². The van der Waals surface area contributed by atoms with E-state index >= 15 is 0 Å². The highest BCUT2D eigenvalue weighted by molar-refractivity contribution is 6.38. The largest absolute Gasteiger partial charge is 0.461 e. The fourth-order valence-corrected chi connectivity index (χ4v) is 3.66. The van der Waals surface area contributed by atoms with Crippen LogP contribution in [0, 0.1) is 11.8 Å². The number of carbonyl (C=O) groups excluding carboxylic acids is 2. The van der Waals surface area contributed by atoms with E-state index in [0.29, 0.717) is 24.2 Å². The molecule has 1 heterocycles. The van der Waals surface area contributed by atoms with Crippen LogP contribution in [0.3, 0.4) is 0 Å². The normalized spacial score (nSPS) is 22.3. The molecule has 1 unspecified atom stereocenters. The highest BCUT2D eigenvalue weighted by atomic mass is 16.5. The second-order valence-electron chi connectivity index (χ2n) is 7.38. The monoisotopic (exact) mass is 355 g/mol. The minimum atomic E-state index is -0.503. The molecule has 1 aliphatic heterocycles. The van der Waals surface area contributed by atoms with Crippen LogP contribution < -0.4 is 10.3 Å². The van der Waals surface area contributed by atoms with Crippen molar-refractivity contribution < 1.29 is 14.3 Å². The highest BCUT2D eigenvalue weighted by Crippen LogP contribution is 2.44. The van der Waals surface area contributed by atoms with Gasteiger partial charge in [0.1, 0.15) is 11.8 Å². The number of nitrogens with zero attached hydrogens (tertiary/aromatic N) is 2. The number of hydrogen-bond acceptors (Lipinski definition) is 5. The summed E-state index contributed by atoms with van der Waals surface area (Å²) in [6.07, 6.45) is 5.11. The number of para-hydroxylation sites is 1. The van der Waals surface area contributed by atoms with E-state index in [-0.39, 0.29) is 18.4 Å². The fourth-order valence-electron chi connectivity index (χ4n) is 3.66. The van der Waals surface area contributed by atoms with Crippen LogP contribution >= 0.6 is 0 Å². The van der Waals surface area contributed by atoms with Crippen LogP contribution in [0.15, 0.2) is 35.4 Å². The third-order valence-corrected chi connectivity index (χ3v) is 5.31. The van der Waals surface area contributed by atoms with Crippen molar-refractivity contribution in [3.05, 3.63) is 30.3 Å². The number of hydrazone groups is 1. The number of anilines is 1. The maximum atomic E-state index is 13.1. The zero-order chi connectivity index (χ0) is 18.1. The Labute approximate surface area is 153 Å². The first kappa shape index (κ1) is 17.1. The van der Waals surface area contributed by atoms with Crippen LogP contribution in [0.2, 0.25) is 0 Å². The molecule has 1 aromatic rings. The standard InChI is InChI=1S/C20H25N3O3/c1-2-26-20(25)16-12-17(23(22-16)15-6-4-3-5-7-15)19(24)21-18(13-8-9-13)14-10-11-14/h3-7,13-14,17-18H,2,8-12H2,1H3,(H,21,24). The van der Waals surface area contributed by atoms with Crippen molar-refractivity contribution in [3.63, 3.8) is 0 Å². The predicted octanol–water partition coefficient (Wildman–Crippen LogP) is 2.49. The van der Waals surface area contributed by atoms with Gasteiger partial charge in [-0.05, 0) is 56.6 Å². The summed E-state index contributed by atoms with van der Waals surface area (Å²) in [4.78, 5) is 25.2. The lowest BCUT2D eigenvalue weighted by Crippen LogP contribution is -2.48. The van der Waals surface area contributed by atoms with E-state index in [1.165, 1.54) is 25.7 Å². The Morgan fingerprint density at radius 3 is 2.42 bits per heavy atom. The molecule has 2 aliphatic carbocycles. The molecule has 138 valence electrons. The highest BCUT2D eigenvalue weighted by Gasteiger charge is 2.44. The molecule has 26 heavy (non-hydrogen) atoms. The number of rotatable bonds is 7. The Kier molecular flexibility index (Phi) is 4.66. The van der Waals surface area contributed by atoms with Crippen molar-refractivity contribution >= 4 is 23.3 Å². The number of hydrogen-bond donors (Lipinski definition) is 1. The summed E-state index contributed by atoms with van der Waals surface area (Å²) in [6, 6.07) is 9.30. The quantitative estimate of drug-likeness (QED) is 0.763. The van der Waals surface area contributed by atoms with Crippen LogP contribution in [-0.2, 0) is 14.3 Å². The molecule has 1 N–H and O–H groups in total. The first-order chi connectivity index (χ1) is 12.7. The summed E-state index contributed by atoms with van der Waals surface area (Å²) in [5.41, 5.74) is 1.12. The van der Waals surface area contributed by atoms with Gasteiger partial charge in [-0.3, -0.25) is 9.80 Å². The number of amides is 1. The predicted molar refractivity (Wildman–Crippen MR) is 98.8 cm³/mol. The lowest BCUT2D eigenvalue weighted by atomic mass is 10.0. The molecule has 0 radical (unpaired) electrons. The first-order valence-electron chi connectivity index (χ1n) is 9.56. The molecule has 0 saturated heterocycles. The van der Waals surface area contributed by atoms with E-state index in [2.05, 4.69) is 10.4 Å².